The Bertz CT molecular complexity index is 1410. The van der Waals surface area contributed by atoms with E-state index in [1.54, 1.807) is 43.3 Å². The van der Waals surface area contributed by atoms with E-state index in [4.69, 9.17) is 23.2 Å². The molecule has 0 bridgehead atoms. The van der Waals surface area contributed by atoms with Gasteiger partial charge in [-0.05, 0) is 92.4 Å². The largest absolute Gasteiger partial charge is 0.355 e. The number of anilines is 1. The summed E-state index contributed by atoms with van der Waals surface area (Å²) in [6.07, 6.45) is 0.346. The van der Waals surface area contributed by atoms with Crippen LogP contribution in [0.5, 0.6) is 0 Å². The second-order valence-electron chi connectivity index (χ2n) is 9.20. The van der Waals surface area contributed by atoms with Crippen LogP contribution in [0.15, 0.2) is 71.6 Å². The Hall–Kier alpha value is -3.07. The lowest BCUT2D eigenvalue weighted by Gasteiger charge is -2.33. The minimum absolute atomic E-state index is 0.00190. The van der Waals surface area contributed by atoms with Gasteiger partial charge in [-0.1, -0.05) is 48.3 Å². The van der Waals surface area contributed by atoms with Gasteiger partial charge in [-0.2, -0.15) is 0 Å². The number of sulfonamides is 1. The molecule has 0 heterocycles. The van der Waals surface area contributed by atoms with E-state index in [-0.39, 0.29) is 17.3 Å². The molecule has 39 heavy (non-hydrogen) atoms. The van der Waals surface area contributed by atoms with Crippen LogP contribution in [0.1, 0.15) is 37.0 Å². The predicted octanol–water partition coefficient (Wildman–Crippen LogP) is 5.75. The molecule has 10 heteroatoms. The van der Waals surface area contributed by atoms with Gasteiger partial charge in [-0.25, -0.2) is 8.42 Å². The Morgan fingerprint density at radius 2 is 1.46 bits per heavy atom. The van der Waals surface area contributed by atoms with Crippen molar-refractivity contribution in [3.8, 4) is 0 Å². The van der Waals surface area contributed by atoms with Crippen molar-refractivity contribution < 1.29 is 18.0 Å². The summed E-state index contributed by atoms with van der Waals surface area (Å²) in [6, 6.07) is 17.2. The van der Waals surface area contributed by atoms with Crippen LogP contribution in [-0.4, -0.2) is 44.3 Å². The van der Waals surface area contributed by atoms with Crippen molar-refractivity contribution in [2.45, 2.75) is 51.6 Å². The van der Waals surface area contributed by atoms with E-state index >= 15 is 0 Å². The molecule has 0 saturated heterocycles. The third-order valence-corrected chi connectivity index (χ3v) is 8.75. The van der Waals surface area contributed by atoms with Crippen LogP contribution in [-0.2, 0) is 26.2 Å². The summed E-state index contributed by atoms with van der Waals surface area (Å²) in [4.78, 5) is 28.4. The fraction of sp³-hybridized carbons (Fsp3) is 0.310. The summed E-state index contributed by atoms with van der Waals surface area (Å²) in [5.41, 5.74) is 2.97. The van der Waals surface area contributed by atoms with Gasteiger partial charge in [0.05, 0.1) is 10.6 Å². The molecule has 0 aliphatic heterocycles. The van der Waals surface area contributed by atoms with Crippen molar-refractivity contribution >= 4 is 50.7 Å². The van der Waals surface area contributed by atoms with Crippen molar-refractivity contribution in [2.24, 2.45) is 0 Å². The summed E-state index contributed by atoms with van der Waals surface area (Å²) >= 11 is 12.0. The lowest BCUT2D eigenvalue weighted by atomic mass is 10.1. The molecule has 0 saturated carbocycles. The fourth-order valence-electron chi connectivity index (χ4n) is 4.14. The maximum atomic E-state index is 14.0. The van der Waals surface area contributed by atoms with Crippen molar-refractivity contribution in [1.29, 1.82) is 0 Å². The SMILES string of the molecule is CCNC(=O)C(CC)N(Cc1ccc(Cl)cc1)C(=O)CN(c1ccc(C)c(C)c1)S(=O)(=O)c1ccc(Cl)cc1. The van der Waals surface area contributed by atoms with E-state index in [9.17, 15) is 18.0 Å². The number of halogens is 2. The van der Waals surface area contributed by atoms with E-state index in [1.165, 1.54) is 29.2 Å². The first-order chi connectivity index (χ1) is 18.5. The number of hydrogen-bond acceptors (Lipinski definition) is 4. The van der Waals surface area contributed by atoms with Crippen molar-refractivity contribution in [2.75, 3.05) is 17.4 Å². The highest BCUT2D eigenvalue weighted by Crippen LogP contribution is 2.27. The first-order valence-electron chi connectivity index (χ1n) is 12.6. The van der Waals surface area contributed by atoms with Crippen LogP contribution in [0.25, 0.3) is 0 Å². The number of hydrogen-bond donors (Lipinski definition) is 1. The van der Waals surface area contributed by atoms with Crippen molar-refractivity contribution in [3.05, 3.63) is 93.5 Å². The molecular weight excluding hydrogens is 557 g/mol. The lowest BCUT2D eigenvalue weighted by Crippen LogP contribution is -2.52. The van der Waals surface area contributed by atoms with Crippen LogP contribution < -0.4 is 9.62 Å². The summed E-state index contributed by atoms with van der Waals surface area (Å²) in [5.74, 6) is -0.820. The van der Waals surface area contributed by atoms with Crippen molar-refractivity contribution in [3.63, 3.8) is 0 Å². The van der Waals surface area contributed by atoms with Crippen LogP contribution in [0.2, 0.25) is 10.0 Å². The number of carbonyl (C=O) groups is 2. The average molecular weight is 591 g/mol. The van der Waals surface area contributed by atoms with Crippen LogP contribution in [0.3, 0.4) is 0 Å². The Labute approximate surface area is 240 Å². The smallest absolute Gasteiger partial charge is 0.264 e. The number of nitrogens with one attached hydrogen (secondary N) is 1. The van der Waals surface area contributed by atoms with E-state index < -0.39 is 28.5 Å². The van der Waals surface area contributed by atoms with Gasteiger partial charge in [0, 0.05) is 23.1 Å². The standard InChI is InChI=1S/C29H33Cl2N3O4S/c1-5-27(29(36)32-6-2)33(18-22-8-10-23(30)11-9-22)28(35)19-34(25-14-7-20(3)21(4)17-25)39(37,38)26-15-12-24(31)13-16-26/h7-17,27H,5-6,18-19H2,1-4H3,(H,32,36). The van der Waals surface area contributed by atoms with Gasteiger partial charge >= 0.3 is 0 Å². The highest BCUT2D eigenvalue weighted by molar-refractivity contribution is 7.92. The molecule has 0 aromatic heterocycles. The Morgan fingerprint density at radius 3 is 2.00 bits per heavy atom. The number of nitrogens with zero attached hydrogens (tertiary/aromatic N) is 2. The normalized spacial score (nSPS) is 12.1. The minimum Gasteiger partial charge on any atom is -0.355 e. The van der Waals surface area contributed by atoms with Crippen molar-refractivity contribution in [1.82, 2.24) is 10.2 Å². The summed E-state index contributed by atoms with van der Waals surface area (Å²) in [7, 11) is -4.16. The molecule has 3 rings (SSSR count). The molecule has 3 aromatic rings. The highest BCUT2D eigenvalue weighted by atomic mass is 35.5. The third kappa shape index (κ3) is 7.53. The number of carbonyl (C=O) groups excluding carboxylic acids is 2. The summed E-state index contributed by atoms with van der Waals surface area (Å²) < 4.78 is 28.9. The molecule has 208 valence electrons. The second-order valence-corrected chi connectivity index (χ2v) is 11.9. The maximum Gasteiger partial charge on any atom is 0.264 e. The fourth-order valence-corrected chi connectivity index (χ4v) is 5.80. The Balaban J connectivity index is 2.08. The quantitative estimate of drug-likeness (QED) is 0.308. The van der Waals surface area contributed by atoms with Gasteiger partial charge in [-0.3, -0.25) is 13.9 Å². The van der Waals surface area contributed by atoms with E-state index in [0.717, 1.165) is 21.0 Å². The molecule has 0 radical (unpaired) electrons. The van der Waals surface area contributed by atoms with Gasteiger partial charge in [0.1, 0.15) is 12.6 Å². The zero-order chi connectivity index (χ0) is 28.7. The van der Waals surface area contributed by atoms with E-state index in [0.29, 0.717) is 28.7 Å². The average Bonchev–Trinajstić information content (AvgIpc) is 2.90. The van der Waals surface area contributed by atoms with Gasteiger partial charge in [0.2, 0.25) is 11.8 Å². The molecule has 0 aliphatic carbocycles. The van der Waals surface area contributed by atoms with Gasteiger partial charge in [-0.15, -0.1) is 0 Å². The van der Waals surface area contributed by atoms with E-state index in [2.05, 4.69) is 5.32 Å². The summed E-state index contributed by atoms with van der Waals surface area (Å²) in [6.45, 7) is 7.42. The second kappa shape index (κ2) is 13.3. The van der Waals surface area contributed by atoms with Gasteiger partial charge in [0.15, 0.2) is 0 Å². The molecule has 0 aliphatic rings. The molecule has 1 N–H and O–H groups in total. The van der Waals surface area contributed by atoms with E-state index in [1.807, 2.05) is 26.8 Å². The molecule has 7 nitrogen and oxygen atoms in total. The molecular formula is C29H33Cl2N3O4S. The molecule has 2 amide bonds. The molecule has 0 fully saturated rings. The number of likely N-dealkylation sites (N-methyl/N-ethyl adjacent to an activating group) is 1. The topological polar surface area (TPSA) is 86.8 Å². The highest BCUT2D eigenvalue weighted by Gasteiger charge is 2.33. The Kier molecular flexibility index (Phi) is 10.4. The minimum atomic E-state index is -4.16. The molecule has 0 spiro atoms. The number of benzene rings is 3. The number of rotatable bonds is 11. The number of aryl methyl sites for hydroxylation is 2. The van der Waals surface area contributed by atoms with Gasteiger partial charge < -0.3 is 10.2 Å². The first kappa shape index (κ1) is 30.5. The molecule has 1 unspecified atom stereocenters. The summed E-state index contributed by atoms with van der Waals surface area (Å²) in [5, 5.41) is 3.73. The predicted molar refractivity (Wildman–Crippen MR) is 157 cm³/mol. The molecule has 1 atom stereocenters. The maximum absolute atomic E-state index is 14.0. The third-order valence-electron chi connectivity index (χ3n) is 6.46. The number of amides is 2. The zero-order valence-corrected chi connectivity index (χ0v) is 24.8. The molecule has 3 aromatic carbocycles. The lowest BCUT2D eigenvalue weighted by molar-refractivity contribution is -0.140. The zero-order valence-electron chi connectivity index (χ0n) is 22.4. The van der Waals surface area contributed by atoms with Crippen LogP contribution >= 0.6 is 23.2 Å². The first-order valence-corrected chi connectivity index (χ1v) is 14.8. The van der Waals surface area contributed by atoms with Crippen LogP contribution in [0.4, 0.5) is 5.69 Å². The van der Waals surface area contributed by atoms with Gasteiger partial charge in [0.25, 0.3) is 10.0 Å². The monoisotopic (exact) mass is 589 g/mol. The Morgan fingerprint density at radius 1 is 0.872 bits per heavy atom. The van der Waals surface area contributed by atoms with Crippen LogP contribution in [0, 0.1) is 13.8 Å².